The molecule has 1 aromatic carbocycles. The number of benzene rings is 1. The minimum atomic E-state index is 0.0344. The third-order valence-electron chi connectivity index (χ3n) is 7.29. The van der Waals surface area contributed by atoms with E-state index in [9.17, 15) is 0 Å². The van der Waals surface area contributed by atoms with Crippen LogP contribution in [-0.2, 0) is 11.8 Å². The number of anilines is 1. The normalized spacial score (nSPS) is 26.0. The molecule has 2 aliphatic heterocycles. The summed E-state index contributed by atoms with van der Waals surface area (Å²) in [7, 11) is 2.22. The summed E-state index contributed by atoms with van der Waals surface area (Å²) in [5.41, 5.74) is 4.56. The minimum Gasteiger partial charge on any atom is -0.358 e. The molecule has 0 amide bonds. The molecule has 2 atom stereocenters. The Morgan fingerprint density at radius 1 is 1.08 bits per heavy atom. The SMILES string of the molecule is C=CC1(CC)C2N(C)C=CN2c2cc(CCCC)ccc2C1(CC)CC. The lowest BCUT2D eigenvalue weighted by molar-refractivity contribution is 0.0541. The number of aryl methyl sites for hydroxylation is 1. The van der Waals surface area contributed by atoms with Crippen molar-refractivity contribution in [3.8, 4) is 0 Å². The molecule has 1 aromatic rings. The van der Waals surface area contributed by atoms with E-state index >= 15 is 0 Å². The first-order valence-electron chi connectivity index (χ1n) is 10.5. The first-order chi connectivity index (χ1) is 12.5. The number of rotatable bonds is 7. The number of unbranched alkanes of at least 4 members (excludes halogenated alkanes) is 1. The standard InChI is InChI=1S/C24H36N2/c1-7-12-13-19-14-15-20-21(18-19)26-17-16-25(6)22(26)24(10-4,11-5)23(20,8-2)9-3/h10,14-18,22H,4,7-9,11-13H2,1-3,5-6H3. The molecule has 2 aliphatic rings. The molecule has 2 heteroatoms. The molecule has 2 unspecified atom stereocenters. The van der Waals surface area contributed by atoms with Gasteiger partial charge in [0.2, 0.25) is 0 Å². The Morgan fingerprint density at radius 2 is 1.81 bits per heavy atom. The van der Waals surface area contributed by atoms with Crippen molar-refractivity contribution < 1.29 is 0 Å². The van der Waals surface area contributed by atoms with Crippen LogP contribution in [0.4, 0.5) is 5.69 Å². The smallest absolute Gasteiger partial charge is 0.115 e. The molecule has 0 aromatic heterocycles. The summed E-state index contributed by atoms with van der Waals surface area (Å²) in [6.07, 6.45) is 14.2. The monoisotopic (exact) mass is 352 g/mol. The van der Waals surface area contributed by atoms with Gasteiger partial charge in [-0.3, -0.25) is 0 Å². The molecule has 142 valence electrons. The quantitative estimate of drug-likeness (QED) is 0.537. The molecule has 0 aliphatic carbocycles. The molecule has 26 heavy (non-hydrogen) atoms. The molecule has 3 rings (SSSR count). The van der Waals surface area contributed by atoms with E-state index in [1.54, 1.807) is 0 Å². The van der Waals surface area contributed by atoms with Crippen molar-refractivity contribution in [3.63, 3.8) is 0 Å². The number of fused-ring (bicyclic) bond motifs is 3. The fourth-order valence-electron chi connectivity index (χ4n) is 5.84. The molecule has 0 radical (unpaired) electrons. The Labute approximate surface area is 160 Å². The van der Waals surface area contributed by atoms with E-state index in [1.165, 1.54) is 36.1 Å². The third kappa shape index (κ3) is 2.37. The zero-order valence-electron chi connectivity index (χ0n) is 17.4. The largest absolute Gasteiger partial charge is 0.358 e. The van der Waals surface area contributed by atoms with Crippen LogP contribution in [0.15, 0.2) is 43.3 Å². The lowest BCUT2D eigenvalue weighted by Gasteiger charge is -2.60. The Hall–Kier alpha value is -1.70. The van der Waals surface area contributed by atoms with Gasteiger partial charge in [-0.1, -0.05) is 52.3 Å². The summed E-state index contributed by atoms with van der Waals surface area (Å²) < 4.78 is 0. The lowest BCUT2D eigenvalue weighted by Crippen LogP contribution is -2.62. The van der Waals surface area contributed by atoms with Gasteiger partial charge in [0.15, 0.2) is 0 Å². The van der Waals surface area contributed by atoms with Gasteiger partial charge in [-0.2, -0.15) is 0 Å². The van der Waals surface area contributed by atoms with Crippen LogP contribution in [0.2, 0.25) is 0 Å². The summed E-state index contributed by atoms with van der Waals surface area (Å²) in [6, 6.07) is 7.27. The molecule has 0 fully saturated rings. The summed E-state index contributed by atoms with van der Waals surface area (Å²) in [6.45, 7) is 13.7. The second-order valence-corrected chi connectivity index (χ2v) is 8.09. The van der Waals surface area contributed by atoms with Crippen LogP contribution in [-0.4, -0.2) is 18.1 Å². The summed E-state index contributed by atoms with van der Waals surface area (Å²) >= 11 is 0. The average molecular weight is 353 g/mol. The van der Waals surface area contributed by atoms with Crippen molar-refractivity contribution in [1.29, 1.82) is 0 Å². The molecule has 2 nitrogen and oxygen atoms in total. The van der Waals surface area contributed by atoms with Crippen LogP contribution < -0.4 is 4.90 Å². The fourth-order valence-corrected chi connectivity index (χ4v) is 5.84. The highest BCUT2D eigenvalue weighted by Gasteiger charge is 2.59. The van der Waals surface area contributed by atoms with Crippen molar-refractivity contribution in [1.82, 2.24) is 4.90 Å². The average Bonchev–Trinajstić information content (AvgIpc) is 3.07. The molecule has 0 saturated carbocycles. The van der Waals surface area contributed by atoms with Crippen molar-refractivity contribution in [2.24, 2.45) is 5.41 Å². The maximum absolute atomic E-state index is 4.36. The zero-order valence-corrected chi connectivity index (χ0v) is 17.4. The highest BCUT2D eigenvalue weighted by molar-refractivity contribution is 5.66. The second-order valence-electron chi connectivity index (χ2n) is 8.09. The first kappa shape index (κ1) is 19.1. The molecule has 0 saturated heterocycles. The van der Waals surface area contributed by atoms with E-state index in [0.717, 1.165) is 19.3 Å². The van der Waals surface area contributed by atoms with E-state index in [4.69, 9.17) is 0 Å². The molecule has 0 bridgehead atoms. The van der Waals surface area contributed by atoms with Gasteiger partial charge in [-0.25, -0.2) is 0 Å². The summed E-state index contributed by atoms with van der Waals surface area (Å²) in [5.74, 6) is 0. The predicted octanol–water partition coefficient (Wildman–Crippen LogP) is 6.23. The van der Waals surface area contributed by atoms with E-state index in [-0.39, 0.29) is 10.8 Å². The van der Waals surface area contributed by atoms with Gasteiger partial charge < -0.3 is 9.80 Å². The first-order valence-corrected chi connectivity index (χ1v) is 10.5. The van der Waals surface area contributed by atoms with Crippen molar-refractivity contribution in [2.45, 2.75) is 77.8 Å². The molecular formula is C24H36N2. The van der Waals surface area contributed by atoms with Crippen molar-refractivity contribution >= 4 is 5.69 Å². The van der Waals surface area contributed by atoms with E-state index in [1.807, 2.05) is 0 Å². The third-order valence-corrected chi connectivity index (χ3v) is 7.29. The Balaban J connectivity index is 2.25. The van der Waals surface area contributed by atoms with Crippen molar-refractivity contribution in [3.05, 3.63) is 54.4 Å². The van der Waals surface area contributed by atoms with Crippen LogP contribution >= 0.6 is 0 Å². The van der Waals surface area contributed by atoms with Gasteiger partial charge in [-0.05, 0) is 49.3 Å². The summed E-state index contributed by atoms with van der Waals surface area (Å²) in [4.78, 5) is 4.91. The molecule has 2 heterocycles. The van der Waals surface area contributed by atoms with Gasteiger partial charge >= 0.3 is 0 Å². The van der Waals surface area contributed by atoms with E-state index in [2.05, 4.69) is 87.8 Å². The highest BCUT2D eigenvalue weighted by atomic mass is 15.4. The Bertz CT molecular complexity index is 685. The van der Waals surface area contributed by atoms with Crippen molar-refractivity contribution in [2.75, 3.05) is 11.9 Å². The molecule has 0 spiro atoms. The van der Waals surface area contributed by atoms with E-state index in [0.29, 0.717) is 6.17 Å². The van der Waals surface area contributed by atoms with Crippen LogP contribution in [0.3, 0.4) is 0 Å². The maximum atomic E-state index is 4.36. The predicted molar refractivity (Wildman–Crippen MR) is 113 cm³/mol. The number of hydrogen-bond donors (Lipinski definition) is 0. The van der Waals surface area contributed by atoms with Crippen LogP contribution in [0.1, 0.15) is 70.9 Å². The van der Waals surface area contributed by atoms with Gasteiger partial charge in [0.05, 0.1) is 0 Å². The number of hydrogen-bond acceptors (Lipinski definition) is 2. The van der Waals surface area contributed by atoms with Crippen LogP contribution in [0, 0.1) is 5.41 Å². The topological polar surface area (TPSA) is 6.48 Å². The summed E-state index contributed by atoms with van der Waals surface area (Å²) in [5, 5.41) is 0. The van der Waals surface area contributed by atoms with Gasteiger partial charge in [0, 0.05) is 36.0 Å². The zero-order chi connectivity index (χ0) is 18.9. The lowest BCUT2D eigenvalue weighted by atomic mass is 9.52. The molecular weight excluding hydrogens is 316 g/mol. The van der Waals surface area contributed by atoms with Gasteiger partial charge in [-0.15, -0.1) is 6.58 Å². The van der Waals surface area contributed by atoms with Crippen LogP contribution in [0.5, 0.6) is 0 Å². The maximum Gasteiger partial charge on any atom is 0.115 e. The van der Waals surface area contributed by atoms with Gasteiger partial charge in [0.25, 0.3) is 0 Å². The number of nitrogens with zero attached hydrogens (tertiary/aromatic N) is 2. The molecule has 0 N–H and O–H groups in total. The minimum absolute atomic E-state index is 0.0344. The highest BCUT2D eigenvalue weighted by Crippen LogP contribution is 2.61. The Kier molecular flexibility index (Phi) is 5.23. The second kappa shape index (κ2) is 7.13. The fraction of sp³-hybridized carbons (Fsp3) is 0.583. The van der Waals surface area contributed by atoms with Crippen LogP contribution in [0.25, 0.3) is 0 Å². The van der Waals surface area contributed by atoms with Gasteiger partial charge in [0.1, 0.15) is 6.17 Å². The van der Waals surface area contributed by atoms with E-state index < -0.39 is 0 Å². The Morgan fingerprint density at radius 3 is 2.38 bits per heavy atom.